The molecule has 1 aliphatic heterocycles. The molecule has 0 aromatic carbocycles. The monoisotopic (exact) mass is 388 g/mol. The predicted octanol–water partition coefficient (Wildman–Crippen LogP) is 0.692. The minimum absolute atomic E-state index is 0.119. The van der Waals surface area contributed by atoms with Crippen molar-refractivity contribution < 1.29 is 9.59 Å². The molecule has 3 fully saturated rings. The summed E-state index contributed by atoms with van der Waals surface area (Å²) in [7, 11) is 0. The Kier molecular flexibility index (Phi) is 2.45. The molecule has 2 saturated carbocycles. The number of nitrogens with zero attached hydrogens (tertiary/aromatic N) is 4. The number of rotatable bonds is 1. The van der Waals surface area contributed by atoms with Gasteiger partial charge in [0, 0.05) is 9.65 Å². The number of imide groups is 1. The first-order valence-corrected chi connectivity index (χ1v) is 7.95. The molecule has 1 saturated heterocycles. The van der Waals surface area contributed by atoms with E-state index in [2.05, 4.69) is 42.1 Å². The molecule has 8 heteroatoms. The summed E-state index contributed by atoms with van der Waals surface area (Å²) in [6.45, 7) is 0. The third-order valence-electron chi connectivity index (χ3n) is 4.60. The van der Waals surface area contributed by atoms with Gasteiger partial charge in [-0.25, -0.2) is 4.68 Å². The maximum Gasteiger partial charge on any atom is 0.252 e. The maximum absolute atomic E-state index is 12.5. The first kappa shape index (κ1) is 12.0. The van der Waals surface area contributed by atoms with E-state index in [1.54, 1.807) is 0 Å². The first-order chi connectivity index (χ1) is 9.11. The predicted molar refractivity (Wildman–Crippen MR) is 72.3 cm³/mol. The van der Waals surface area contributed by atoms with Crippen LogP contribution in [0.15, 0.2) is 12.7 Å². The van der Waals surface area contributed by atoms with Crippen LogP contribution in [0.1, 0.15) is 6.42 Å². The molecule has 0 radical (unpaired) electrons. The molecule has 0 spiro atoms. The maximum atomic E-state index is 12.5. The second-order valence-electron chi connectivity index (χ2n) is 5.33. The highest BCUT2D eigenvalue weighted by Crippen LogP contribution is 2.59. The van der Waals surface area contributed by atoms with Gasteiger partial charge in [0.15, 0.2) is 0 Å². The van der Waals surface area contributed by atoms with E-state index in [4.69, 9.17) is 0 Å². The number of carbonyl (C=O) groups is 2. The highest BCUT2D eigenvalue weighted by atomic mass is 79.9. The van der Waals surface area contributed by atoms with Crippen molar-refractivity contribution in [2.75, 3.05) is 5.01 Å². The van der Waals surface area contributed by atoms with Crippen LogP contribution in [0.3, 0.4) is 0 Å². The molecule has 0 N–H and O–H groups in total. The Morgan fingerprint density at radius 2 is 1.47 bits per heavy atom. The largest absolute Gasteiger partial charge is 0.272 e. The third kappa shape index (κ3) is 1.36. The number of halogens is 2. The second-order valence-corrected chi connectivity index (χ2v) is 7.45. The summed E-state index contributed by atoms with van der Waals surface area (Å²) in [6.07, 6.45) is 3.71. The standard InChI is InChI=1S/C11H10Br2N4O2/c12-8-4-1-5(9(8)13)7-6(4)10(18)17(11(7)19)16-2-14-15-3-16/h2-9H,1H2/t4-,5-,6-,7+,8-,9-/m1/s1. The molecule has 2 aliphatic carbocycles. The van der Waals surface area contributed by atoms with Crippen LogP contribution in [0.5, 0.6) is 0 Å². The van der Waals surface area contributed by atoms with Crippen LogP contribution in [-0.4, -0.2) is 36.3 Å². The Hall–Kier alpha value is -0.760. The number of amides is 2. The lowest BCUT2D eigenvalue weighted by molar-refractivity contribution is -0.125. The third-order valence-corrected chi connectivity index (χ3v) is 7.81. The Bertz CT molecular complexity index is 531. The quantitative estimate of drug-likeness (QED) is 0.523. The minimum Gasteiger partial charge on any atom is -0.272 e. The highest BCUT2D eigenvalue weighted by molar-refractivity contribution is 9.12. The van der Waals surface area contributed by atoms with E-state index in [0.717, 1.165) is 6.42 Å². The lowest BCUT2D eigenvalue weighted by Gasteiger charge is -2.28. The Morgan fingerprint density at radius 3 is 1.95 bits per heavy atom. The summed E-state index contributed by atoms with van der Waals surface area (Å²) in [5, 5.41) is 8.52. The lowest BCUT2D eigenvalue weighted by atomic mass is 9.81. The van der Waals surface area contributed by atoms with Gasteiger partial charge in [0.25, 0.3) is 11.8 Å². The zero-order chi connectivity index (χ0) is 13.3. The molecule has 1 aromatic rings. The number of carbonyl (C=O) groups excluding carboxylic acids is 2. The minimum atomic E-state index is -0.196. The van der Waals surface area contributed by atoms with Crippen molar-refractivity contribution in [3.05, 3.63) is 12.7 Å². The topological polar surface area (TPSA) is 68.1 Å². The summed E-state index contributed by atoms with van der Waals surface area (Å²) in [6, 6.07) is 0. The van der Waals surface area contributed by atoms with Gasteiger partial charge in [-0.05, 0) is 18.3 Å². The van der Waals surface area contributed by atoms with Crippen LogP contribution < -0.4 is 5.01 Å². The van der Waals surface area contributed by atoms with Gasteiger partial charge < -0.3 is 0 Å². The van der Waals surface area contributed by atoms with Crippen molar-refractivity contribution >= 4 is 43.7 Å². The summed E-state index contributed by atoms with van der Waals surface area (Å²) in [5.74, 6) is -0.164. The van der Waals surface area contributed by atoms with Crippen molar-refractivity contribution in [3.8, 4) is 0 Å². The van der Waals surface area contributed by atoms with Crippen LogP contribution in [0.2, 0.25) is 0 Å². The Labute approximate surface area is 125 Å². The molecule has 6 atom stereocenters. The summed E-state index contributed by atoms with van der Waals surface area (Å²) in [4.78, 5) is 25.6. The SMILES string of the molecule is O=C1[C@@H]2[C@H]3C[C@@H]([C@@H](Br)[C@@H]3Br)[C@@H]2C(=O)N1n1cnnc1. The average Bonchev–Trinajstić information content (AvgIpc) is 3.10. The fraction of sp³-hybridized carbons (Fsp3) is 0.636. The van der Waals surface area contributed by atoms with Crippen LogP contribution in [0.4, 0.5) is 0 Å². The van der Waals surface area contributed by atoms with E-state index in [-0.39, 0.29) is 45.1 Å². The van der Waals surface area contributed by atoms with E-state index in [9.17, 15) is 9.59 Å². The summed E-state index contributed by atoms with van der Waals surface area (Å²) in [5.41, 5.74) is 0. The number of hydrogen-bond acceptors (Lipinski definition) is 4. The number of hydrogen-bond donors (Lipinski definition) is 0. The van der Waals surface area contributed by atoms with E-state index in [1.165, 1.54) is 22.3 Å². The van der Waals surface area contributed by atoms with Crippen LogP contribution in [0, 0.1) is 23.7 Å². The van der Waals surface area contributed by atoms with Gasteiger partial charge in [-0.3, -0.25) is 9.59 Å². The Balaban J connectivity index is 1.76. The molecule has 100 valence electrons. The molecule has 6 nitrogen and oxygen atoms in total. The average molecular weight is 390 g/mol. The van der Waals surface area contributed by atoms with Gasteiger partial charge in [-0.15, -0.1) is 10.2 Å². The van der Waals surface area contributed by atoms with E-state index in [0.29, 0.717) is 0 Å². The molecule has 4 rings (SSSR count). The van der Waals surface area contributed by atoms with Crippen LogP contribution >= 0.6 is 31.9 Å². The molecule has 2 heterocycles. The molecule has 2 bridgehead atoms. The van der Waals surface area contributed by atoms with Gasteiger partial charge in [0.1, 0.15) is 12.7 Å². The molecule has 3 aliphatic rings. The number of alkyl halides is 2. The second kappa shape index (κ2) is 3.88. The number of aromatic nitrogens is 3. The van der Waals surface area contributed by atoms with Gasteiger partial charge >= 0.3 is 0 Å². The van der Waals surface area contributed by atoms with E-state index < -0.39 is 0 Å². The molecule has 0 unspecified atom stereocenters. The molecular weight excluding hydrogens is 380 g/mol. The van der Waals surface area contributed by atoms with Crippen LogP contribution in [0.25, 0.3) is 0 Å². The van der Waals surface area contributed by atoms with Crippen molar-refractivity contribution in [2.45, 2.75) is 16.1 Å². The van der Waals surface area contributed by atoms with E-state index >= 15 is 0 Å². The highest BCUT2D eigenvalue weighted by Gasteiger charge is 2.66. The van der Waals surface area contributed by atoms with Crippen molar-refractivity contribution in [1.82, 2.24) is 14.9 Å². The van der Waals surface area contributed by atoms with E-state index in [1.807, 2.05) is 0 Å². The van der Waals surface area contributed by atoms with Gasteiger partial charge in [0.05, 0.1) is 11.8 Å². The fourth-order valence-corrected chi connectivity index (χ4v) is 5.73. The van der Waals surface area contributed by atoms with Gasteiger partial charge in [0.2, 0.25) is 0 Å². The molecule has 2 amide bonds. The molecular formula is C11H10Br2N4O2. The Morgan fingerprint density at radius 1 is 1.00 bits per heavy atom. The summed E-state index contributed by atoms with van der Waals surface area (Å²) < 4.78 is 1.38. The van der Waals surface area contributed by atoms with Crippen molar-refractivity contribution in [3.63, 3.8) is 0 Å². The number of fused-ring (bicyclic) bond motifs is 5. The first-order valence-electron chi connectivity index (χ1n) is 6.12. The van der Waals surface area contributed by atoms with Gasteiger partial charge in [-0.2, -0.15) is 5.01 Å². The zero-order valence-electron chi connectivity index (χ0n) is 9.69. The van der Waals surface area contributed by atoms with Gasteiger partial charge in [-0.1, -0.05) is 31.9 Å². The molecule has 1 aromatic heterocycles. The zero-order valence-corrected chi connectivity index (χ0v) is 12.9. The molecule has 19 heavy (non-hydrogen) atoms. The normalized spacial score (nSPS) is 44.2. The van der Waals surface area contributed by atoms with Crippen LogP contribution in [-0.2, 0) is 9.59 Å². The fourth-order valence-electron chi connectivity index (χ4n) is 3.86. The lowest BCUT2D eigenvalue weighted by Crippen LogP contribution is -2.41. The summed E-state index contributed by atoms with van der Waals surface area (Å²) >= 11 is 7.31. The van der Waals surface area contributed by atoms with Crippen molar-refractivity contribution in [2.24, 2.45) is 23.7 Å². The smallest absolute Gasteiger partial charge is 0.252 e. The van der Waals surface area contributed by atoms with Crippen molar-refractivity contribution in [1.29, 1.82) is 0 Å².